The summed E-state index contributed by atoms with van der Waals surface area (Å²) in [6.07, 6.45) is 0. The van der Waals surface area contributed by atoms with Gasteiger partial charge in [0.15, 0.2) is 5.69 Å². The number of H-pyrrole nitrogens is 1. The number of nitrogens with zero attached hydrogens (tertiary/aromatic N) is 1. The first-order valence-electron chi connectivity index (χ1n) is 10.1. The van der Waals surface area contributed by atoms with Gasteiger partial charge in [0.25, 0.3) is 0 Å². The number of hydrogen-bond donors (Lipinski definition) is 2. The van der Waals surface area contributed by atoms with Crippen molar-refractivity contribution in [2.75, 3.05) is 0 Å². The highest BCUT2D eigenvalue weighted by Crippen LogP contribution is 2.53. The lowest BCUT2D eigenvalue weighted by Gasteiger charge is -2.35. The van der Waals surface area contributed by atoms with Gasteiger partial charge in [-0.1, -0.05) is 59.1 Å². The van der Waals surface area contributed by atoms with Gasteiger partial charge >= 0.3 is 5.97 Å². The molecule has 0 radical (unpaired) electrons. The maximum absolute atomic E-state index is 11.8. The van der Waals surface area contributed by atoms with Crippen molar-refractivity contribution in [3.8, 4) is 39.3 Å². The number of aromatic nitrogens is 2. The Morgan fingerprint density at radius 3 is 2.24 bits per heavy atom. The molecule has 0 saturated carbocycles. The van der Waals surface area contributed by atoms with E-state index >= 15 is 0 Å². The summed E-state index contributed by atoms with van der Waals surface area (Å²) in [7, 11) is 0. The lowest BCUT2D eigenvalue weighted by Crippen LogP contribution is -2.31. The average molecular weight is 500 g/mol. The summed E-state index contributed by atoms with van der Waals surface area (Å²) in [5, 5.41) is 18.2. The Balaban J connectivity index is 1.86. The van der Waals surface area contributed by atoms with Gasteiger partial charge in [-0.15, -0.1) is 0 Å². The molecule has 0 aliphatic carbocycles. The van der Waals surface area contributed by atoms with Crippen LogP contribution in [0.1, 0.15) is 29.9 Å². The molecule has 2 N–H and O–H groups in total. The highest BCUT2D eigenvalue weighted by atomic mass is 35.5. The molecule has 1 aliphatic heterocycles. The summed E-state index contributed by atoms with van der Waals surface area (Å²) in [6.45, 7) is 3.64. The molecule has 3 aromatic carbocycles. The molecule has 0 spiro atoms. The van der Waals surface area contributed by atoms with Crippen LogP contribution in [-0.4, -0.2) is 21.3 Å². The van der Waals surface area contributed by atoms with Crippen LogP contribution >= 0.6 is 34.8 Å². The number of carbonyl (C=O) groups is 1. The van der Waals surface area contributed by atoms with Crippen LogP contribution in [0.5, 0.6) is 5.75 Å². The van der Waals surface area contributed by atoms with Crippen molar-refractivity contribution in [2.45, 2.75) is 19.4 Å². The molecule has 8 heteroatoms. The molecule has 0 bridgehead atoms. The maximum atomic E-state index is 11.8. The van der Waals surface area contributed by atoms with Crippen LogP contribution in [0.2, 0.25) is 15.1 Å². The van der Waals surface area contributed by atoms with Gasteiger partial charge < -0.3 is 9.84 Å². The highest BCUT2D eigenvalue weighted by molar-refractivity contribution is 6.36. The Kier molecular flexibility index (Phi) is 5.16. The van der Waals surface area contributed by atoms with Crippen molar-refractivity contribution in [3.05, 3.63) is 80.9 Å². The largest absolute Gasteiger partial charge is 0.482 e. The molecular weight excluding hydrogens is 483 g/mol. The zero-order valence-electron chi connectivity index (χ0n) is 17.5. The first-order chi connectivity index (χ1) is 15.7. The topological polar surface area (TPSA) is 75.2 Å². The van der Waals surface area contributed by atoms with Crippen LogP contribution in [0.3, 0.4) is 0 Å². The van der Waals surface area contributed by atoms with E-state index < -0.39 is 11.6 Å². The Morgan fingerprint density at radius 2 is 1.58 bits per heavy atom. The third kappa shape index (κ3) is 3.57. The van der Waals surface area contributed by atoms with Crippen LogP contribution in [0.15, 0.2) is 54.6 Å². The van der Waals surface area contributed by atoms with Crippen LogP contribution in [0, 0.1) is 0 Å². The maximum Gasteiger partial charge on any atom is 0.356 e. The summed E-state index contributed by atoms with van der Waals surface area (Å²) < 4.78 is 6.51. The summed E-state index contributed by atoms with van der Waals surface area (Å²) in [4.78, 5) is 11.8. The zero-order chi connectivity index (χ0) is 23.5. The number of nitrogens with one attached hydrogen (secondary N) is 1. The fourth-order valence-corrected chi connectivity index (χ4v) is 4.93. The number of benzene rings is 3. The fourth-order valence-electron chi connectivity index (χ4n) is 4.30. The van der Waals surface area contributed by atoms with Gasteiger partial charge in [-0.3, -0.25) is 5.10 Å². The van der Waals surface area contributed by atoms with Crippen molar-refractivity contribution >= 4 is 40.8 Å². The average Bonchev–Trinajstić information content (AvgIpc) is 3.21. The van der Waals surface area contributed by atoms with Gasteiger partial charge in [-0.2, -0.15) is 5.10 Å². The lowest BCUT2D eigenvalue weighted by atomic mass is 9.84. The molecule has 5 rings (SSSR count). The second-order valence-corrected chi connectivity index (χ2v) is 9.52. The van der Waals surface area contributed by atoms with E-state index in [2.05, 4.69) is 10.2 Å². The number of ether oxygens (including phenoxy) is 1. The molecule has 5 nitrogen and oxygen atoms in total. The van der Waals surface area contributed by atoms with E-state index in [9.17, 15) is 9.90 Å². The van der Waals surface area contributed by atoms with Crippen LogP contribution in [0.4, 0.5) is 0 Å². The van der Waals surface area contributed by atoms with E-state index in [1.54, 1.807) is 12.1 Å². The highest BCUT2D eigenvalue weighted by Gasteiger charge is 2.41. The van der Waals surface area contributed by atoms with E-state index in [4.69, 9.17) is 39.5 Å². The normalized spacial score (nSPS) is 13.7. The molecule has 33 heavy (non-hydrogen) atoms. The minimum atomic E-state index is -1.12. The Bertz CT molecular complexity index is 1430. The lowest BCUT2D eigenvalue weighted by molar-refractivity contribution is 0.0665. The first kappa shape index (κ1) is 21.8. The molecule has 1 aliphatic rings. The molecule has 4 aromatic rings. The SMILES string of the molecule is CC1(C)Oc2c(ccc(-c3ccc(Cl)cc3)c2-c2ccc(Cl)cc2Cl)-c2[nH]nc(C(=O)O)c21. The summed E-state index contributed by atoms with van der Waals surface area (Å²) >= 11 is 18.9. The standard InChI is InChI=1S/C25H17Cl3N2O3/c1-25(2)20-21(29-30-22(20)24(31)32)17-10-9-15(12-3-5-13(26)6-4-12)19(23(17)33-25)16-8-7-14(27)11-18(16)28/h3-11H,1-2H3,(H,29,30)(H,31,32). The Hall–Kier alpha value is -2.99. The van der Waals surface area contributed by atoms with E-state index in [1.807, 2.05) is 56.3 Å². The summed E-state index contributed by atoms with van der Waals surface area (Å²) in [5.41, 5.74) is 4.08. The van der Waals surface area contributed by atoms with Crippen molar-refractivity contribution in [2.24, 2.45) is 0 Å². The smallest absolute Gasteiger partial charge is 0.356 e. The predicted molar refractivity (Wildman–Crippen MR) is 131 cm³/mol. The number of aromatic carboxylic acids is 1. The molecule has 0 saturated heterocycles. The summed E-state index contributed by atoms with van der Waals surface area (Å²) in [6, 6.07) is 16.6. The van der Waals surface area contributed by atoms with Crippen LogP contribution in [-0.2, 0) is 5.60 Å². The van der Waals surface area contributed by atoms with Gasteiger partial charge in [0, 0.05) is 26.7 Å². The monoisotopic (exact) mass is 498 g/mol. The van der Waals surface area contributed by atoms with Crippen molar-refractivity contribution in [3.63, 3.8) is 0 Å². The molecule has 0 fully saturated rings. The number of carboxylic acid groups (broad SMARTS) is 1. The molecular formula is C25H17Cl3N2O3. The second kappa shape index (κ2) is 7.80. The van der Waals surface area contributed by atoms with E-state index in [0.29, 0.717) is 37.6 Å². The van der Waals surface area contributed by atoms with Crippen LogP contribution in [0.25, 0.3) is 33.5 Å². The molecule has 0 unspecified atom stereocenters. The first-order valence-corrected chi connectivity index (χ1v) is 11.2. The van der Waals surface area contributed by atoms with Gasteiger partial charge in [-0.25, -0.2) is 4.79 Å². The van der Waals surface area contributed by atoms with Gasteiger partial charge in [0.1, 0.15) is 11.4 Å². The zero-order valence-corrected chi connectivity index (χ0v) is 19.8. The molecule has 0 atom stereocenters. The Labute approximate surface area is 204 Å². The number of rotatable bonds is 3. The van der Waals surface area contributed by atoms with Gasteiger partial charge in [0.05, 0.1) is 16.3 Å². The van der Waals surface area contributed by atoms with Gasteiger partial charge in [-0.05, 0) is 55.3 Å². The van der Waals surface area contributed by atoms with Crippen molar-refractivity contribution < 1.29 is 14.6 Å². The van der Waals surface area contributed by atoms with Crippen LogP contribution < -0.4 is 4.74 Å². The Morgan fingerprint density at radius 1 is 0.939 bits per heavy atom. The summed E-state index contributed by atoms with van der Waals surface area (Å²) in [5.74, 6) is -0.545. The number of hydrogen-bond acceptors (Lipinski definition) is 3. The van der Waals surface area contributed by atoms with E-state index in [0.717, 1.165) is 22.3 Å². The minimum absolute atomic E-state index is 0.0616. The number of aromatic amines is 1. The quantitative estimate of drug-likeness (QED) is 0.303. The van der Waals surface area contributed by atoms with Crippen molar-refractivity contribution in [1.82, 2.24) is 10.2 Å². The third-order valence-electron chi connectivity index (χ3n) is 5.71. The molecule has 1 aromatic heterocycles. The fraction of sp³-hybridized carbons (Fsp3) is 0.120. The van der Waals surface area contributed by atoms with Crippen molar-refractivity contribution in [1.29, 1.82) is 0 Å². The number of carboxylic acids is 1. The number of fused-ring (bicyclic) bond motifs is 3. The molecule has 2 heterocycles. The molecule has 0 amide bonds. The van der Waals surface area contributed by atoms with E-state index in [-0.39, 0.29) is 5.69 Å². The minimum Gasteiger partial charge on any atom is -0.482 e. The van der Waals surface area contributed by atoms with Gasteiger partial charge in [0.2, 0.25) is 0 Å². The predicted octanol–water partition coefficient (Wildman–Crippen LogP) is 7.70. The second-order valence-electron chi connectivity index (χ2n) is 8.24. The van der Waals surface area contributed by atoms with E-state index in [1.165, 1.54) is 0 Å². The molecule has 166 valence electrons. The third-order valence-corrected chi connectivity index (χ3v) is 6.51. The number of halogens is 3.